The first-order chi connectivity index (χ1) is 8.90. The number of aliphatic carboxylic acids is 1. The number of amides is 1. The van der Waals surface area contributed by atoms with Gasteiger partial charge >= 0.3 is 5.97 Å². The van der Waals surface area contributed by atoms with E-state index in [-0.39, 0.29) is 5.91 Å². The van der Waals surface area contributed by atoms with Gasteiger partial charge in [-0.15, -0.1) is 0 Å². The van der Waals surface area contributed by atoms with E-state index < -0.39 is 11.4 Å². The van der Waals surface area contributed by atoms with E-state index in [4.69, 9.17) is 5.11 Å². The van der Waals surface area contributed by atoms with Crippen molar-refractivity contribution in [3.63, 3.8) is 0 Å². The molecule has 0 aromatic carbocycles. The van der Waals surface area contributed by atoms with Crippen molar-refractivity contribution in [2.45, 2.75) is 39.0 Å². The number of carboxylic acids is 1. The number of nitrogens with one attached hydrogen (secondary N) is 2. The van der Waals surface area contributed by atoms with Crippen LogP contribution in [0.15, 0.2) is 6.07 Å². The van der Waals surface area contributed by atoms with Gasteiger partial charge in [0.05, 0.1) is 5.41 Å². The summed E-state index contributed by atoms with van der Waals surface area (Å²) in [6.07, 6.45) is 2.68. The van der Waals surface area contributed by atoms with Crippen molar-refractivity contribution in [3.8, 4) is 0 Å². The zero-order chi connectivity index (χ0) is 14.0. The van der Waals surface area contributed by atoms with Gasteiger partial charge in [0.2, 0.25) is 0 Å². The highest BCUT2D eigenvalue weighted by molar-refractivity contribution is 5.92. The SMILES string of the molecule is CC(C)(CCNC(=O)c1cc(C2CC2)[nH]n1)C(=O)O. The number of nitrogens with zero attached hydrogens (tertiary/aromatic N) is 1. The summed E-state index contributed by atoms with van der Waals surface area (Å²) in [6, 6.07) is 1.77. The average molecular weight is 265 g/mol. The maximum atomic E-state index is 11.8. The molecule has 1 saturated carbocycles. The Morgan fingerprint density at radius 3 is 2.79 bits per heavy atom. The number of hydrogen-bond acceptors (Lipinski definition) is 3. The molecule has 1 aliphatic rings. The zero-order valence-corrected chi connectivity index (χ0v) is 11.2. The Morgan fingerprint density at radius 1 is 1.53 bits per heavy atom. The summed E-state index contributed by atoms with van der Waals surface area (Å²) >= 11 is 0. The number of aromatic nitrogens is 2. The van der Waals surface area contributed by atoms with Crippen LogP contribution in [0.4, 0.5) is 0 Å². The van der Waals surface area contributed by atoms with Gasteiger partial charge in [-0.3, -0.25) is 14.7 Å². The number of aromatic amines is 1. The molecule has 1 aliphatic carbocycles. The van der Waals surface area contributed by atoms with E-state index in [0.717, 1.165) is 18.5 Å². The molecule has 1 amide bonds. The van der Waals surface area contributed by atoms with Gasteiger partial charge in [-0.2, -0.15) is 5.10 Å². The number of carbonyl (C=O) groups is 2. The van der Waals surface area contributed by atoms with Crippen molar-refractivity contribution in [1.82, 2.24) is 15.5 Å². The lowest BCUT2D eigenvalue weighted by molar-refractivity contribution is -0.147. The number of hydrogen-bond donors (Lipinski definition) is 3. The van der Waals surface area contributed by atoms with Crippen molar-refractivity contribution in [2.24, 2.45) is 5.41 Å². The van der Waals surface area contributed by atoms with Crippen LogP contribution in [0.5, 0.6) is 0 Å². The highest BCUT2D eigenvalue weighted by Gasteiger charge is 2.28. The maximum Gasteiger partial charge on any atom is 0.309 e. The minimum Gasteiger partial charge on any atom is -0.481 e. The van der Waals surface area contributed by atoms with Crippen molar-refractivity contribution in [2.75, 3.05) is 6.54 Å². The standard InChI is InChI=1S/C13H19N3O3/c1-13(2,12(18)19)5-6-14-11(17)10-7-9(15-16-10)8-3-4-8/h7-8H,3-6H2,1-2H3,(H,14,17)(H,15,16)(H,18,19). The molecule has 1 aromatic heterocycles. The van der Waals surface area contributed by atoms with Gasteiger partial charge in [0.15, 0.2) is 0 Å². The van der Waals surface area contributed by atoms with E-state index in [0.29, 0.717) is 24.6 Å². The minimum atomic E-state index is -0.863. The molecule has 0 bridgehead atoms. The van der Waals surface area contributed by atoms with Crippen LogP contribution in [-0.2, 0) is 4.79 Å². The Balaban J connectivity index is 1.82. The summed E-state index contributed by atoms with van der Waals surface area (Å²) in [5.74, 6) is -0.595. The van der Waals surface area contributed by atoms with E-state index in [1.165, 1.54) is 0 Å². The number of H-pyrrole nitrogens is 1. The fourth-order valence-electron chi connectivity index (χ4n) is 1.74. The van der Waals surface area contributed by atoms with Gasteiger partial charge in [0.25, 0.3) is 5.91 Å². The number of rotatable bonds is 6. The molecule has 3 N–H and O–H groups in total. The van der Waals surface area contributed by atoms with Crippen molar-refractivity contribution >= 4 is 11.9 Å². The quantitative estimate of drug-likeness (QED) is 0.726. The van der Waals surface area contributed by atoms with Gasteiger partial charge < -0.3 is 10.4 Å². The first-order valence-electron chi connectivity index (χ1n) is 6.47. The summed E-state index contributed by atoms with van der Waals surface area (Å²) in [5, 5.41) is 18.5. The van der Waals surface area contributed by atoms with Crippen LogP contribution in [0.25, 0.3) is 0 Å². The lowest BCUT2D eigenvalue weighted by atomic mass is 9.90. The third-order valence-electron chi connectivity index (χ3n) is 3.46. The molecule has 0 unspecified atom stereocenters. The summed E-state index contributed by atoms with van der Waals surface area (Å²) in [4.78, 5) is 22.7. The summed E-state index contributed by atoms with van der Waals surface area (Å²) in [7, 11) is 0. The first-order valence-corrected chi connectivity index (χ1v) is 6.47. The van der Waals surface area contributed by atoms with Crippen LogP contribution < -0.4 is 5.32 Å². The normalized spacial score (nSPS) is 15.3. The summed E-state index contributed by atoms with van der Waals surface area (Å²) < 4.78 is 0. The molecule has 0 saturated heterocycles. The Hall–Kier alpha value is -1.85. The van der Waals surface area contributed by atoms with Crippen LogP contribution in [-0.4, -0.2) is 33.7 Å². The van der Waals surface area contributed by atoms with Crippen molar-refractivity contribution in [1.29, 1.82) is 0 Å². The van der Waals surface area contributed by atoms with E-state index in [9.17, 15) is 9.59 Å². The molecule has 0 spiro atoms. The molecule has 2 rings (SSSR count). The van der Waals surface area contributed by atoms with E-state index in [1.54, 1.807) is 19.9 Å². The van der Waals surface area contributed by atoms with Crippen LogP contribution in [0.2, 0.25) is 0 Å². The molecular formula is C13H19N3O3. The van der Waals surface area contributed by atoms with Crippen molar-refractivity contribution in [3.05, 3.63) is 17.5 Å². The Morgan fingerprint density at radius 2 is 2.21 bits per heavy atom. The van der Waals surface area contributed by atoms with E-state index >= 15 is 0 Å². The third kappa shape index (κ3) is 3.33. The fraction of sp³-hybridized carbons (Fsp3) is 0.615. The highest BCUT2D eigenvalue weighted by atomic mass is 16.4. The fourth-order valence-corrected chi connectivity index (χ4v) is 1.74. The Bertz CT molecular complexity index is 489. The zero-order valence-electron chi connectivity index (χ0n) is 11.2. The van der Waals surface area contributed by atoms with Crippen LogP contribution in [0, 0.1) is 5.41 Å². The molecule has 1 fully saturated rings. The Labute approximate surface area is 111 Å². The van der Waals surface area contributed by atoms with Gasteiger partial charge in [-0.1, -0.05) is 0 Å². The van der Waals surface area contributed by atoms with Crippen LogP contribution in [0.3, 0.4) is 0 Å². The minimum absolute atomic E-state index is 0.260. The lowest BCUT2D eigenvalue weighted by Gasteiger charge is -2.18. The monoisotopic (exact) mass is 265 g/mol. The molecule has 0 aliphatic heterocycles. The summed E-state index contributed by atoms with van der Waals surface area (Å²) in [5.41, 5.74) is 0.545. The third-order valence-corrected chi connectivity index (χ3v) is 3.46. The molecule has 1 heterocycles. The van der Waals surface area contributed by atoms with Crippen LogP contribution in [0.1, 0.15) is 55.2 Å². The molecule has 6 heteroatoms. The predicted molar refractivity (Wildman–Crippen MR) is 68.9 cm³/mol. The van der Waals surface area contributed by atoms with E-state index in [2.05, 4.69) is 15.5 Å². The number of carbonyl (C=O) groups excluding carboxylic acids is 1. The van der Waals surface area contributed by atoms with Crippen molar-refractivity contribution < 1.29 is 14.7 Å². The average Bonchev–Trinajstić information content (AvgIpc) is 3.06. The largest absolute Gasteiger partial charge is 0.481 e. The molecule has 104 valence electrons. The first kappa shape index (κ1) is 13.6. The van der Waals surface area contributed by atoms with E-state index in [1.807, 2.05) is 0 Å². The van der Waals surface area contributed by atoms with Crippen LogP contribution >= 0.6 is 0 Å². The van der Waals surface area contributed by atoms with Gasteiger partial charge in [-0.25, -0.2) is 0 Å². The molecule has 0 atom stereocenters. The smallest absolute Gasteiger partial charge is 0.309 e. The maximum absolute atomic E-state index is 11.8. The number of carboxylic acid groups (broad SMARTS) is 1. The van der Waals surface area contributed by atoms with Gasteiger partial charge in [-0.05, 0) is 39.2 Å². The van der Waals surface area contributed by atoms with Gasteiger partial charge in [0.1, 0.15) is 5.69 Å². The predicted octanol–water partition coefficient (Wildman–Crippen LogP) is 1.52. The molecule has 6 nitrogen and oxygen atoms in total. The second kappa shape index (κ2) is 5.03. The molecule has 0 radical (unpaired) electrons. The molecule has 19 heavy (non-hydrogen) atoms. The second-order valence-electron chi connectivity index (χ2n) is 5.68. The summed E-state index contributed by atoms with van der Waals surface area (Å²) in [6.45, 7) is 3.60. The topological polar surface area (TPSA) is 95.1 Å². The highest BCUT2D eigenvalue weighted by Crippen LogP contribution is 2.38. The Kier molecular flexibility index (Phi) is 3.59. The molecular weight excluding hydrogens is 246 g/mol. The second-order valence-corrected chi connectivity index (χ2v) is 5.68. The lowest BCUT2D eigenvalue weighted by Crippen LogP contribution is -2.32. The molecule has 1 aromatic rings. The van der Waals surface area contributed by atoms with Gasteiger partial charge in [0, 0.05) is 18.2 Å².